The van der Waals surface area contributed by atoms with Crippen molar-refractivity contribution < 1.29 is 19.5 Å². The van der Waals surface area contributed by atoms with Gasteiger partial charge in [0.05, 0.1) is 18.4 Å². The molecule has 0 saturated carbocycles. The number of carbonyl (C=O) groups excluding carboxylic acids is 2. The number of carboxylic acid groups (broad SMARTS) is 1. The molecule has 0 unspecified atom stereocenters. The van der Waals surface area contributed by atoms with Crippen LogP contribution in [0.3, 0.4) is 0 Å². The highest BCUT2D eigenvalue weighted by atomic mass is 16.4. The highest BCUT2D eigenvalue weighted by molar-refractivity contribution is 5.97. The van der Waals surface area contributed by atoms with Crippen LogP contribution in [0.1, 0.15) is 48.1 Å². The molecule has 11 nitrogen and oxygen atoms in total. The standard InChI is InChI=1S/C22H24N6O5/c1-3-16(29)8-9-17(22(32)33)28-20(30)13-4-6-14(7-5-13)23-10-15-11-24-19-18(27-15)21(31)26-12(2)25-19/h4-7,11,17,23H,3,8-10H2,1-2H3,(H,28,30)(H,32,33)(H,24,25,26,31)/t17-/m1/s1. The number of fused-ring (bicyclic) bond motifs is 1. The molecule has 0 saturated heterocycles. The summed E-state index contributed by atoms with van der Waals surface area (Å²) in [6.45, 7) is 3.65. The van der Waals surface area contributed by atoms with Crippen molar-refractivity contribution in [1.29, 1.82) is 0 Å². The Morgan fingerprint density at radius 2 is 1.88 bits per heavy atom. The minimum absolute atomic E-state index is 0.0398. The first-order chi connectivity index (χ1) is 15.8. The summed E-state index contributed by atoms with van der Waals surface area (Å²) in [4.78, 5) is 62.5. The van der Waals surface area contributed by atoms with Gasteiger partial charge in [-0.1, -0.05) is 6.92 Å². The van der Waals surface area contributed by atoms with Crippen molar-refractivity contribution in [2.24, 2.45) is 0 Å². The van der Waals surface area contributed by atoms with E-state index in [4.69, 9.17) is 0 Å². The van der Waals surface area contributed by atoms with Gasteiger partial charge < -0.3 is 20.7 Å². The minimum atomic E-state index is -1.19. The summed E-state index contributed by atoms with van der Waals surface area (Å²) >= 11 is 0. The highest BCUT2D eigenvalue weighted by Gasteiger charge is 2.21. The van der Waals surface area contributed by atoms with Crippen LogP contribution in [-0.4, -0.2) is 48.7 Å². The number of hydrogen-bond donors (Lipinski definition) is 4. The Morgan fingerprint density at radius 3 is 2.55 bits per heavy atom. The maximum atomic E-state index is 12.4. The lowest BCUT2D eigenvalue weighted by Gasteiger charge is -2.14. The second-order valence-electron chi connectivity index (χ2n) is 7.41. The fourth-order valence-electron chi connectivity index (χ4n) is 3.06. The zero-order valence-corrected chi connectivity index (χ0v) is 18.2. The third-order valence-electron chi connectivity index (χ3n) is 4.92. The Labute approximate surface area is 188 Å². The molecule has 4 N–H and O–H groups in total. The average Bonchev–Trinajstić information content (AvgIpc) is 2.80. The van der Waals surface area contributed by atoms with Gasteiger partial charge in [0.15, 0.2) is 11.2 Å². The zero-order valence-electron chi connectivity index (χ0n) is 18.2. The van der Waals surface area contributed by atoms with E-state index in [2.05, 4.69) is 30.6 Å². The zero-order chi connectivity index (χ0) is 24.0. The van der Waals surface area contributed by atoms with E-state index in [0.717, 1.165) is 0 Å². The summed E-state index contributed by atoms with van der Waals surface area (Å²) in [6, 6.07) is 5.29. The Kier molecular flexibility index (Phi) is 7.44. The largest absolute Gasteiger partial charge is 0.480 e. The summed E-state index contributed by atoms with van der Waals surface area (Å²) in [5.41, 5.74) is 1.57. The van der Waals surface area contributed by atoms with Gasteiger partial charge in [0.2, 0.25) is 0 Å². The number of amides is 1. The van der Waals surface area contributed by atoms with Crippen LogP contribution in [0.2, 0.25) is 0 Å². The molecule has 1 aromatic carbocycles. The molecule has 2 aromatic heterocycles. The number of anilines is 1. The van der Waals surface area contributed by atoms with Gasteiger partial charge in [-0.05, 0) is 37.6 Å². The Balaban J connectivity index is 1.61. The molecule has 0 fully saturated rings. The molecule has 3 aromatic rings. The first kappa shape index (κ1) is 23.5. The molecular formula is C22H24N6O5. The molecule has 11 heteroatoms. The van der Waals surface area contributed by atoms with Crippen molar-refractivity contribution in [2.45, 2.75) is 45.7 Å². The van der Waals surface area contributed by atoms with E-state index >= 15 is 0 Å². The lowest BCUT2D eigenvalue weighted by Crippen LogP contribution is -2.41. The van der Waals surface area contributed by atoms with Gasteiger partial charge in [0.1, 0.15) is 17.6 Å². The van der Waals surface area contributed by atoms with Crippen molar-refractivity contribution >= 4 is 34.5 Å². The molecule has 3 rings (SSSR count). The monoisotopic (exact) mass is 452 g/mol. The smallest absolute Gasteiger partial charge is 0.326 e. The van der Waals surface area contributed by atoms with E-state index in [1.807, 2.05) is 0 Å². The minimum Gasteiger partial charge on any atom is -0.480 e. The van der Waals surface area contributed by atoms with Crippen molar-refractivity contribution in [3.8, 4) is 0 Å². The van der Waals surface area contributed by atoms with Gasteiger partial charge in [-0.2, -0.15) is 0 Å². The van der Waals surface area contributed by atoms with E-state index in [1.54, 1.807) is 38.1 Å². The maximum Gasteiger partial charge on any atom is 0.326 e. The van der Waals surface area contributed by atoms with E-state index in [9.17, 15) is 24.3 Å². The average molecular weight is 452 g/mol. The Bertz CT molecular complexity index is 1240. The van der Waals surface area contributed by atoms with E-state index in [0.29, 0.717) is 23.6 Å². The SMILES string of the molecule is CCC(=O)CC[C@@H](NC(=O)c1ccc(NCc2cnc3nc(C)[nH]c(=O)c3n2)cc1)C(=O)O. The van der Waals surface area contributed by atoms with Crippen LogP contribution >= 0.6 is 0 Å². The molecule has 2 heterocycles. The normalized spacial score (nSPS) is 11.7. The first-order valence-electron chi connectivity index (χ1n) is 10.4. The number of aryl methyl sites for hydroxylation is 1. The second-order valence-corrected chi connectivity index (χ2v) is 7.41. The quantitative estimate of drug-likeness (QED) is 0.357. The molecule has 0 aliphatic heterocycles. The third kappa shape index (κ3) is 6.19. The number of aliphatic carboxylic acids is 1. The Hall–Kier alpha value is -4.15. The van der Waals surface area contributed by atoms with Crippen LogP contribution in [0.15, 0.2) is 35.3 Å². The number of rotatable bonds is 10. The first-order valence-corrected chi connectivity index (χ1v) is 10.4. The van der Waals surface area contributed by atoms with Crippen molar-refractivity contribution in [3.05, 3.63) is 57.9 Å². The number of aromatic nitrogens is 4. The van der Waals surface area contributed by atoms with Crippen LogP contribution < -0.4 is 16.2 Å². The van der Waals surface area contributed by atoms with E-state index in [1.165, 1.54) is 6.20 Å². The number of nitrogens with zero attached hydrogens (tertiary/aromatic N) is 3. The predicted octanol–water partition coefficient (Wildman–Crippen LogP) is 1.58. The predicted molar refractivity (Wildman–Crippen MR) is 120 cm³/mol. The fourth-order valence-corrected chi connectivity index (χ4v) is 3.06. The highest BCUT2D eigenvalue weighted by Crippen LogP contribution is 2.12. The van der Waals surface area contributed by atoms with Crippen LogP contribution in [0.4, 0.5) is 5.69 Å². The topological polar surface area (TPSA) is 167 Å². The molecule has 0 spiro atoms. The van der Waals surface area contributed by atoms with Crippen LogP contribution in [0, 0.1) is 6.92 Å². The summed E-state index contributed by atoms with van der Waals surface area (Å²) in [5, 5.41) is 14.9. The summed E-state index contributed by atoms with van der Waals surface area (Å²) in [6.07, 6.45) is 1.98. The molecule has 0 radical (unpaired) electrons. The molecule has 33 heavy (non-hydrogen) atoms. The van der Waals surface area contributed by atoms with Gasteiger partial charge in [0, 0.05) is 24.1 Å². The third-order valence-corrected chi connectivity index (χ3v) is 4.92. The summed E-state index contributed by atoms with van der Waals surface area (Å²) < 4.78 is 0. The van der Waals surface area contributed by atoms with Crippen LogP contribution in [0.5, 0.6) is 0 Å². The van der Waals surface area contributed by atoms with E-state index < -0.39 is 17.9 Å². The van der Waals surface area contributed by atoms with Crippen molar-refractivity contribution in [3.63, 3.8) is 0 Å². The second kappa shape index (κ2) is 10.4. The van der Waals surface area contributed by atoms with Gasteiger partial charge in [-0.3, -0.25) is 14.4 Å². The fraction of sp³-hybridized carbons (Fsp3) is 0.318. The lowest BCUT2D eigenvalue weighted by molar-refractivity contribution is -0.139. The number of benzene rings is 1. The molecular weight excluding hydrogens is 428 g/mol. The van der Waals surface area contributed by atoms with Gasteiger partial charge >= 0.3 is 5.97 Å². The molecule has 0 bridgehead atoms. The number of carboxylic acids is 1. The number of hydrogen-bond acceptors (Lipinski definition) is 8. The van der Waals surface area contributed by atoms with E-state index in [-0.39, 0.29) is 47.5 Å². The number of nitrogens with one attached hydrogen (secondary N) is 3. The molecule has 1 amide bonds. The van der Waals surface area contributed by atoms with Crippen molar-refractivity contribution in [2.75, 3.05) is 5.32 Å². The number of Topliss-reactive ketones (excluding diaryl/α,β-unsaturated/α-hetero) is 1. The molecule has 0 aliphatic rings. The van der Waals surface area contributed by atoms with Gasteiger partial charge in [0.25, 0.3) is 11.5 Å². The van der Waals surface area contributed by atoms with Crippen LogP contribution in [-0.2, 0) is 16.1 Å². The Morgan fingerprint density at radius 1 is 1.15 bits per heavy atom. The lowest BCUT2D eigenvalue weighted by atomic mass is 10.1. The number of ketones is 1. The van der Waals surface area contributed by atoms with Crippen LogP contribution in [0.25, 0.3) is 11.2 Å². The summed E-state index contributed by atoms with van der Waals surface area (Å²) in [7, 11) is 0. The maximum absolute atomic E-state index is 12.4. The molecule has 172 valence electrons. The van der Waals surface area contributed by atoms with Crippen molar-refractivity contribution in [1.82, 2.24) is 25.3 Å². The molecule has 0 aliphatic carbocycles. The number of aromatic amines is 1. The summed E-state index contributed by atoms with van der Waals surface area (Å²) in [5.74, 6) is -1.33. The number of H-pyrrole nitrogens is 1. The van der Waals surface area contributed by atoms with Gasteiger partial charge in [-0.25, -0.2) is 19.7 Å². The van der Waals surface area contributed by atoms with Gasteiger partial charge in [-0.15, -0.1) is 0 Å². The molecule has 1 atom stereocenters. The number of carbonyl (C=O) groups is 3.